The normalized spacial score (nSPS) is 12.5. The number of aliphatic hydroxyl groups is 1. The van der Waals surface area contributed by atoms with E-state index in [1.165, 1.54) is 23.2 Å². The number of phenols is 1. The standard InChI is InChI=1S/C25H28N6O6/c1-15(19-7-5-6-8-20(19)33)27-28-24-26-22-21(23(34)30(3)25(35)29(22)2)31(24)13-16(32)14-37-18-11-9-17(36-4)10-12-18/h5-12,16,32-33H,13-14H2,1-4H3,(H,26,28). The first-order valence-electron chi connectivity index (χ1n) is 11.4. The summed E-state index contributed by atoms with van der Waals surface area (Å²) >= 11 is 0. The molecule has 2 heterocycles. The van der Waals surface area contributed by atoms with Gasteiger partial charge in [0.1, 0.15) is 30.0 Å². The van der Waals surface area contributed by atoms with Crippen LogP contribution in [0.4, 0.5) is 5.95 Å². The van der Waals surface area contributed by atoms with Crippen molar-refractivity contribution in [3.8, 4) is 17.2 Å². The molecule has 0 saturated carbocycles. The summed E-state index contributed by atoms with van der Waals surface area (Å²) in [5.74, 6) is 1.40. The summed E-state index contributed by atoms with van der Waals surface area (Å²) < 4.78 is 14.5. The zero-order chi connectivity index (χ0) is 26.7. The van der Waals surface area contributed by atoms with Crippen molar-refractivity contribution >= 4 is 22.8 Å². The first kappa shape index (κ1) is 25.5. The molecule has 0 spiro atoms. The van der Waals surface area contributed by atoms with Crippen LogP contribution in [-0.2, 0) is 20.6 Å². The van der Waals surface area contributed by atoms with E-state index in [4.69, 9.17) is 9.47 Å². The number of rotatable bonds is 9. The van der Waals surface area contributed by atoms with E-state index in [1.807, 2.05) is 0 Å². The highest BCUT2D eigenvalue weighted by Crippen LogP contribution is 2.20. The van der Waals surface area contributed by atoms with Gasteiger partial charge < -0.3 is 24.3 Å². The van der Waals surface area contributed by atoms with E-state index in [0.717, 1.165) is 4.57 Å². The van der Waals surface area contributed by atoms with Gasteiger partial charge in [-0.1, -0.05) is 12.1 Å². The van der Waals surface area contributed by atoms with Crippen molar-refractivity contribution in [2.45, 2.75) is 19.6 Å². The third kappa shape index (κ3) is 5.19. The lowest BCUT2D eigenvalue weighted by atomic mass is 10.1. The van der Waals surface area contributed by atoms with Gasteiger partial charge in [0.05, 0.1) is 19.4 Å². The third-order valence-corrected chi connectivity index (χ3v) is 5.86. The van der Waals surface area contributed by atoms with Crippen LogP contribution in [0.5, 0.6) is 17.2 Å². The fraction of sp³-hybridized carbons (Fsp3) is 0.280. The van der Waals surface area contributed by atoms with Gasteiger partial charge in [0.25, 0.3) is 5.56 Å². The molecule has 194 valence electrons. The number of phenolic OH excluding ortho intramolecular Hbond substituents is 1. The smallest absolute Gasteiger partial charge is 0.332 e. The Balaban J connectivity index is 1.67. The molecule has 0 bridgehead atoms. The molecule has 0 saturated heterocycles. The van der Waals surface area contributed by atoms with E-state index in [2.05, 4.69) is 15.5 Å². The summed E-state index contributed by atoms with van der Waals surface area (Å²) in [5.41, 5.74) is 2.93. The van der Waals surface area contributed by atoms with Crippen molar-refractivity contribution in [1.82, 2.24) is 18.7 Å². The van der Waals surface area contributed by atoms with Gasteiger partial charge in [-0.15, -0.1) is 0 Å². The van der Waals surface area contributed by atoms with Crippen LogP contribution in [0.25, 0.3) is 11.2 Å². The van der Waals surface area contributed by atoms with Crippen molar-refractivity contribution in [2.24, 2.45) is 19.2 Å². The van der Waals surface area contributed by atoms with Crippen molar-refractivity contribution in [3.63, 3.8) is 0 Å². The Morgan fingerprint density at radius 2 is 1.76 bits per heavy atom. The topological polar surface area (TPSA) is 145 Å². The summed E-state index contributed by atoms with van der Waals surface area (Å²) in [6, 6.07) is 13.6. The number of aromatic hydroxyl groups is 1. The van der Waals surface area contributed by atoms with Crippen LogP contribution in [0, 0.1) is 0 Å². The average molecular weight is 509 g/mol. The number of anilines is 1. The molecule has 4 rings (SSSR count). The number of hydrogen-bond donors (Lipinski definition) is 3. The van der Waals surface area contributed by atoms with Crippen LogP contribution >= 0.6 is 0 Å². The molecule has 2 aromatic heterocycles. The number of aliphatic hydroxyl groups excluding tert-OH is 1. The molecule has 1 atom stereocenters. The summed E-state index contributed by atoms with van der Waals surface area (Å²) in [7, 11) is 4.44. The van der Waals surface area contributed by atoms with Crippen molar-refractivity contribution in [1.29, 1.82) is 0 Å². The summed E-state index contributed by atoms with van der Waals surface area (Å²) in [5, 5.41) is 25.2. The first-order chi connectivity index (χ1) is 17.7. The fourth-order valence-electron chi connectivity index (χ4n) is 3.81. The lowest BCUT2D eigenvalue weighted by Crippen LogP contribution is -2.38. The number of methoxy groups -OCH3 is 1. The van der Waals surface area contributed by atoms with E-state index >= 15 is 0 Å². The minimum absolute atomic E-state index is 0.0569. The molecule has 0 fully saturated rings. The lowest BCUT2D eigenvalue weighted by Gasteiger charge is -2.15. The predicted octanol–water partition coefficient (Wildman–Crippen LogP) is 1.42. The highest BCUT2D eigenvalue weighted by Gasteiger charge is 2.21. The number of nitrogens with zero attached hydrogens (tertiary/aromatic N) is 5. The first-order valence-corrected chi connectivity index (χ1v) is 11.4. The fourth-order valence-corrected chi connectivity index (χ4v) is 3.81. The lowest BCUT2D eigenvalue weighted by molar-refractivity contribution is 0.0938. The Hall–Kier alpha value is -4.58. The summed E-state index contributed by atoms with van der Waals surface area (Å²) in [4.78, 5) is 29.9. The molecule has 12 nitrogen and oxygen atoms in total. The Kier molecular flexibility index (Phi) is 7.30. The SMILES string of the molecule is COc1ccc(OCC(O)Cn2c(NN=C(C)c3ccccc3O)nc3c2c(=O)n(C)c(=O)n3C)cc1. The van der Waals surface area contributed by atoms with Crippen LogP contribution < -0.4 is 26.1 Å². The molecule has 0 amide bonds. The second kappa shape index (κ2) is 10.6. The number of para-hydroxylation sites is 1. The molecule has 0 aliphatic heterocycles. The van der Waals surface area contributed by atoms with E-state index in [1.54, 1.807) is 62.6 Å². The number of aryl methyl sites for hydroxylation is 1. The second-order valence-electron chi connectivity index (χ2n) is 8.39. The molecule has 3 N–H and O–H groups in total. The van der Waals surface area contributed by atoms with Crippen LogP contribution in [-0.4, -0.2) is 54.4 Å². The van der Waals surface area contributed by atoms with E-state index in [0.29, 0.717) is 22.8 Å². The average Bonchev–Trinajstić information content (AvgIpc) is 3.26. The van der Waals surface area contributed by atoms with Gasteiger partial charge in [0, 0.05) is 19.7 Å². The van der Waals surface area contributed by atoms with Gasteiger partial charge in [0.2, 0.25) is 5.95 Å². The molecule has 12 heteroatoms. The van der Waals surface area contributed by atoms with Crippen LogP contribution in [0.2, 0.25) is 0 Å². The monoisotopic (exact) mass is 508 g/mol. The van der Waals surface area contributed by atoms with Gasteiger partial charge in [-0.25, -0.2) is 10.2 Å². The maximum Gasteiger partial charge on any atom is 0.332 e. The van der Waals surface area contributed by atoms with Gasteiger partial charge in [-0.2, -0.15) is 10.1 Å². The number of nitrogens with one attached hydrogen (secondary N) is 1. The molecule has 0 aliphatic carbocycles. The minimum atomic E-state index is -1.04. The van der Waals surface area contributed by atoms with Crippen LogP contribution in [0.3, 0.4) is 0 Å². The third-order valence-electron chi connectivity index (χ3n) is 5.86. The minimum Gasteiger partial charge on any atom is -0.507 e. The number of hydrogen-bond acceptors (Lipinski definition) is 9. The number of imidazole rings is 1. The summed E-state index contributed by atoms with van der Waals surface area (Å²) in [6.45, 7) is 1.55. The molecular formula is C25H28N6O6. The Labute approximate surface area is 211 Å². The molecule has 0 radical (unpaired) electrons. The van der Waals surface area contributed by atoms with Crippen molar-refractivity contribution in [3.05, 3.63) is 74.9 Å². The number of benzene rings is 2. The highest BCUT2D eigenvalue weighted by molar-refractivity contribution is 6.01. The number of ether oxygens (including phenoxy) is 2. The Morgan fingerprint density at radius 1 is 1.08 bits per heavy atom. The van der Waals surface area contributed by atoms with E-state index in [9.17, 15) is 19.8 Å². The molecule has 4 aromatic rings. The molecule has 37 heavy (non-hydrogen) atoms. The van der Waals surface area contributed by atoms with Gasteiger partial charge in [-0.05, 0) is 43.3 Å². The van der Waals surface area contributed by atoms with Crippen molar-refractivity contribution < 1.29 is 19.7 Å². The Bertz CT molecular complexity index is 1570. The highest BCUT2D eigenvalue weighted by atomic mass is 16.5. The van der Waals surface area contributed by atoms with Crippen LogP contribution in [0.15, 0.2) is 63.2 Å². The van der Waals surface area contributed by atoms with Crippen LogP contribution in [0.1, 0.15) is 12.5 Å². The number of fused-ring (bicyclic) bond motifs is 1. The zero-order valence-corrected chi connectivity index (χ0v) is 20.9. The summed E-state index contributed by atoms with van der Waals surface area (Å²) in [6.07, 6.45) is -1.04. The van der Waals surface area contributed by atoms with Gasteiger partial charge >= 0.3 is 5.69 Å². The molecule has 2 aromatic carbocycles. The molecule has 1 unspecified atom stereocenters. The van der Waals surface area contributed by atoms with Gasteiger partial charge in [-0.3, -0.25) is 13.9 Å². The number of hydrazone groups is 1. The van der Waals surface area contributed by atoms with E-state index in [-0.39, 0.29) is 36.0 Å². The second-order valence-corrected chi connectivity index (χ2v) is 8.39. The molecule has 0 aliphatic rings. The largest absolute Gasteiger partial charge is 0.507 e. The maximum atomic E-state index is 13.0. The predicted molar refractivity (Wildman–Crippen MR) is 139 cm³/mol. The Morgan fingerprint density at radius 3 is 2.43 bits per heavy atom. The zero-order valence-electron chi connectivity index (χ0n) is 20.9. The van der Waals surface area contributed by atoms with Crippen molar-refractivity contribution in [2.75, 3.05) is 19.1 Å². The van der Waals surface area contributed by atoms with E-state index < -0.39 is 17.4 Å². The molecular weight excluding hydrogens is 480 g/mol. The van der Waals surface area contributed by atoms with Gasteiger partial charge in [0.15, 0.2) is 11.2 Å². The number of aromatic nitrogens is 4. The quantitative estimate of drug-likeness (QED) is 0.227. The maximum absolute atomic E-state index is 13.0.